The van der Waals surface area contributed by atoms with Gasteiger partial charge in [0.2, 0.25) is 0 Å². The number of alkyl halides is 3. The summed E-state index contributed by atoms with van der Waals surface area (Å²) in [4.78, 5) is 3.45. The van der Waals surface area contributed by atoms with E-state index in [4.69, 9.17) is 23.2 Å². The van der Waals surface area contributed by atoms with Crippen molar-refractivity contribution in [2.75, 3.05) is 0 Å². The maximum Gasteiger partial charge on any atom is 0.573 e. The largest absolute Gasteiger partial charge is 0.573 e. The lowest BCUT2D eigenvalue weighted by Gasteiger charge is -2.08. The van der Waals surface area contributed by atoms with Crippen LogP contribution in [0.15, 0.2) is 12.1 Å². The number of halogens is 5. The molecule has 0 aliphatic carbocycles. The van der Waals surface area contributed by atoms with Crippen LogP contribution in [0.3, 0.4) is 0 Å². The van der Waals surface area contributed by atoms with Crippen molar-refractivity contribution < 1.29 is 17.9 Å². The summed E-state index contributed by atoms with van der Waals surface area (Å²) in [6, 6.07) is 1.84. The first-order valence-electron chi connectivity index (χ1n) is 2.96. The molecule has 1 aromatic heterocycles. The molecular weight excluding hydrogens is 230 g/mol. The lowest BCUT2D eigenvalue weighted by molar-refractivity contribution is -0.274. The molecule has 72 valence electrons. The number of pyridine rings is 1. The van der Waals surface area contributed by atoms with Crippen LogP contribution in [0, 0.1) is 0 Å². The van der Waals surface area contributed by atoms with Crippen molar-refractivity contribution >= 4 is 23.2 Å². The second-order valence-corrected chi connectivity index (χ2v) is 2.77. The summed E-state index contributed by atoms with van der Waals surface area (Å²) in [6.45, 7) is 0. The van der Waals surface area contributed by atoms with Crippen molar-refractivity contribution in [2.24, 2.45) is 0 Å². The summed E-state index contributed by atoms with van der Waals surface area (Å²) < 4.78 is 38.6. The maximum absolute atomic E-state index is 11.7. The number of rotatable bonds is 1. The normalized spacial score (nSPS) is 11.5. The molecule has 0 aliphatic rings. The van der Waals surface area contributed by atoms with E-state index in [0.717, 1.165) is 12.1 Å². The zero-order valence-corrected chi connectivity index (χ0v) is 7.41. The molecule has 0 saturated heterocycles. The molecule has 13 heavy (non-hydrogen) atoms. The fraction of sp³-hybridized carbons (Fsp3) is 0.167. The molecule has 1 aromatic rings. The van der Waals surface area contributed by atoms with Gasteiger partial charge < -0.3 is 4.74 Å². The van der Waals surface area contributed by atoms with Crippen molar-refractivity contribution in [1.29, 1.82) is 0 Å². The fourth-order valence-electron chi connectivity index (χ4n) is 0.636. The molecule has 1 rings (SSSR count). The summed E-state index contributed by atoms with van der Waals surface area (Å²) in [5, 5.41) is -0.321. The van der Waals surface area contributed by atoms with Crippen molar-refractivity contribution in [3.63, 3.8) is 0 Å². The van der Waals surface area contributed by atoms with Gasteiger partial charge >= 0.3 is 6.36 Å². The summed E-state index contributed by atoms with van der Waals surface area (Å²) in [6.07, 6.45) is -4.76. The Bertz CT molecular complexity index is 295. The molecule has 1 heterocycles. The van der Waals surface area contributed by atoms with Crippen LogP contribution in [-0.2, 0) is 0 Å². The number of hydrogen-bond acceptors (Lipinski definition) is 2. The number of aromatic nitrogens is 1. The molecule has 0 radical (unpaired) electrons. The van der Waals surface area contributed by atoms with Crippen LogP contribution in [0.2, 0.25) is 10.3 Å². The number of nitrogens with zero attached hydrogens (tertiary/aromatic N) is 1. The van der Waals surface area contributed by atoms with Crippen LogP contribution in [0.25, 0.3) is 0 Å². The summed E-state index contributed by atoms with van der Waals surface area (Å²) in [5.41, 5.74) is 0. The van der Waals surface area contributed by atoms with Gasteiger partial charge in [-0.2, -0.15) is 0 Å². The number of ether oxygens (including phenoxy) is 1. The third-order valence-corrected chi connectivity index (χ3v) is 1.36. The van der Waals surface area contributed by atoms with E-state index in [1.807, 2.05) is 0 Å². The van der Waals surface area contributed by atoms with Crippen LogP contribution < -0.4 is 4.74 Å². The average Bonchev–Trinajstić information content (AvgIpc) is 1.78. The minimum atomic E-state index is -4.76. The van der Waals surface area contributed by atoms with Crippen LogP contribution >= 0.6 is 23.2 Å². The fourth-order valence-corrected chi connectivity index (χ4v) is 1.08. The Labute approximate surface area is 81.2 Å². The van der Waals surface area contributed by atoms with Gasteiger partial charge in [-0.15, -0.1) is 13.2 Å². The maximum atomic E-state index is 11.7. The molecule has 0 aromatic carbocycles. The highest BCUT2D eigenvalue weighted by Gasteiger charge is 2.31. The van der Waals surface area contributed by atoms with E-state index < -0.39 is 12.1 Å². The highest BCUT2D eigenvalue weighted by molar-refractivity contribution is 6.32. The van der Waals surface area contributed by atoms with Crippen LogP contribution in [-0.4, -0.2) is 11.3 Å². The van der Waals surface area contributed by atoms with Gasteiger partial charge in [0.25, 0.3) is 0 Å². The second-order valence-electron chi connectivity index (χ2n) is 2.00. The molecule has 0 atom stereocenters. The minimum Gasteiger partial charge on any atom is -0.406 e. The highest BCUT2D eigenvalue weighted by atomic mass is 35.5. The summed E-state index contributed by atoms with van der Waals surface area (Å²) >= 11 is 10.7. The van der Waals surface area contributed by atoms with Crippen molar-refractivity contribution in [2.45, 2.75) is 6.36 Å². The Morgan fingerprint density at radius 2 is 1.62 bits per heavy atom. The van der Waals surface area contributed by atoms with Crippen molar-refractivity contribution in [3.8, 4) is 5.75 Å². The second kappa shape index (κ2) is 3.59. The molecular formula is C6H2Cl2F3NO. The molecule has 0 fully saturated rings. The number of hydrogen-bond donors (Lipinski definition) is 0. The van der Waals surface area contributed by atoms with E-state index in [-0.39, 0.29) is 10.3 Å². The topological polar surface area (TPSA) is 22.1 Å². The Hall–Kier alpha value is -0.680. The molecule has 0 spiro atoms. The third kappa shape index (κ3) is 3.69. The average molecular weight is 232 g/mol. The van der Waals surface area contributed by atoms with E-state index in [2.05, 4.69) is 9.72 Å². The Kier molecular flexibility index (Phi) is 2.87. The lowest BCUT2D eigenvalue weighted by atomic mass is 10.4. The standard InChI is InChI=1S/C6H2Cl2F3NO/c7-4-1-3(2-5(8)12-4)13-6(9,10)11/h1-2H. The van der Waals surface area contributed by atoms with E-state index in [0.29, 0.717) is 0 Å². The van der Waals surface area contributed by atoms with Gasteiger partial charge in [0.15, 0.2) is 0 Å². The zero-order valence-electron chi connectivity index (χ0n) is 5.90. The molecule has 2 nitrogen and oxygen atoms in total. The van der Waals surface area contributed by atoms with Crippen molar-refractivity contribution in [1.82, 2.24) is 4.98 Å². The molecule has 7 heteroatoms. The van der Waals surface area contributed by atoms with E-state index in [1.165, 1.54) is 0 Å². The van der Waals surface area contributed by atoms with Crippen LogP contribution in [0.1, 0.15) is 0 Å². The molecule has 0 unspecified atom stereocenters. The smallest absolute Gasteiger partial charge is 0.406 e. The van der Waals surface area contributed by atoms with Gasteiger partial charge in [0.05, 0.1) is 0 Å². The van der Waals surface area contributed by atoms with Gasteiger partial charge in [0.1, 0.15) is 16.1 Å². The Morgan fingerprint density at radius 1 is 1.15 bits per heavy atom. The molecule has 0 bridgehead atoms. The monoisotopic (exact) mass is 231 g/mol. The summed E-state index contributed by atoms with van der Waals surface area (Å²) in [7, 11) is 0. The van der Waals surface area contributed by atoms with Crippen LogP contribution in [0.4, 0.5) is 13.2 Å². The van der Waals surface area contributed by atoms with Gasteiger partial charge in [-0.3, -0.25) is 0 Å². The first kappa shape index (κ1) is 10.4. The summed E-state index contributed by atoms with van der Waals surface area (Å²) in [5.74, 6) is -0.488. The quantitative estimate of drug-likeness (QED) is 0.693. The van der Waals surface area contributed by atoms with Crippen LogP contribution in [0.5, 0.6) is 5.75 Å². The van der Waals surface area contributed by atoms with Gasteiger partial charge in [0, 0.05) is 12.1 Å². The van der Waals surface area contributed by atoms with Gasteiger partial charge in [-0.05, 0) is 0 Å². The first-order valence-corrected chi connectivity index (χ1v) is 3.71. The molecule has 0 amide bonds. The highest BCUT2D eigenvalue weighted by Crippen LogP contribution is 2.26. The zero-order chi connectivity index (χ0) is 10.1. The molecule has 0 aliphatic heterocycles. The predicted octanol–water partition coefficient (Wildman–Crippen LogP) is 3.29. The van der Waals surface area contributed by atoms with E-state index in [1.54, 1.807) is 0 Å². The minimum absolute atomic E-state index is 0.160. The SMILES string of the molecule is FC(F)(F)Oc1cc(Cl)nc(Cl)c1. The van der Waals surface area contributed by atoms with Gasteiger partial charge in [-0.1, -0.05) is 23.2 Å². The molecule has 0 saturated carbocycles. The first-order chi connectivity index (χ1) is 5.87. The van der Waals surface area contributed by atoms with Crippen molar-refractivity contribution in [3.05, 3.63) is 22.4 Å². The molecule has 0 N–H and O–H groups in total. The van der Waals surface area contributed by atoms with Gasteiger partial charge in [-0.25, -0.2) is 4.98 Å². The Morgan fingerprint density at radius 3 is 2.00 bits per heavy atom. The lowest BCUT2D eigenvalue weighted by Crippen LogP contribution is -2.17. The Balaban J connectivity index is 2.90. The predicted molar refractivity (Wildman–Crippen MR) is 40.9 cm³/mol. The van der Waals surface area contributed by atoms with E-state index >= 15 is 0 Å². The van der Waals surface area contributed by atoms with E-state index in [9.17, 15) is 13.2 Å². The third-order valence-electron chi connectivity index (χ3n) is 0.970.